The van der Waals surface area contributed by atoms with E-state index in [1.54, 1.807) is 6.92 Å². The van der Waals surface area contributed by atoms with Gasteiger partial charge in [-0.15, -0.1) is 0 Å². The van der Waals surface area contributed by atoms with Crippen molar-refractivity contribution in [1.29, 1.82) is 0 Å². The van der Waals surface area contributed by atoms with Crippen molar-refractivity contribution in [3.63, 3.8) is 0 Å². The molecule has 1 aliphatic rings. The predicted octanol–water partition coefficient (Wildman–Crippen LogP) is 2.70. The number of rotatable bonds is 4. The van der Waals surface area contributed by atoms with Gasteiger partial charge in [-0.25, -0.2) is 0 Å². The van der Waals surface area contributed by atoms with E-state index in [2.05, 4.69) is 5.10 Å². The fourth-order valence-electron chi connectivity index (χ4n) is 1.77. The van der Waals surface area contributed by atoms with Gasteiger partial charge in [-0.1, -0.05) is 19.1 Å². The molecule has 1 aromatic rings. The van der Waals surface area contributed by atoms with Gasteiger partial charge in [0, 0.05) is 17.5 Å². The second kappa shape index (κ2) is 4.53. The van der Waals surface area contributed by atoms with Gasteiger partial charge in [0.2, 0.25) is 0 Å². The summed E-state index contributed by atoms with van der Waals surface area (Å²) in [6, 6.07) is 1.14. The molecular weight excluding hydrogens is 263 g/mol. The van der Waals surface area contributed by atoms with E-state index in [0.717, 1.165) is 18.9 Å². The number of alkyl halides is 3. The molecule has 0 bridgehead atoms. The number of nitrogens with two attached hydrogens (primary N) is 1. The Bertz CT molecular complexity index is 463. The Morgan fingerprint density at radius 2 is 2.22 bits per heavy atom. The van der Waals surface area contributed by atoms with Gasteiger partial charge in [-0.3, -0.25) is 4.68 Å². The summed E-state index contributed by atoms with van der Waals surface area (Å²) in [5, 5.41) is 3.64. The minimum absolute atomic E-state index is 0.168. The van der Waals surface area contributed by atoms with Crippen molar-refractivity contribution in [3.05, 3.63) is 17.5 Å². The Balaban J connectivity index is 2.27. The smallest absolute Gasteiger partial charge is 0.393 e. The molecule has 1 aliphatic carbocycles. The van der Waals surface area contributed by atoms with E-state index >= 15 is 0 Å². The van der Waals surface area contributed by atoms with Crippen LogP contribution in [0.5, 0.6) is 0 Å². The highest BCUT2D eigenvalue weighted by Gasteiger charge is 2.37. The molecule has 0 radical (unpaired) electrons. The molecule has 0 amide bonds. The zero-order valence-corrected chi connectivity index (χ0v) is 10.7. The number of nitrogens with zero attached hydrogens (tertiary/aromatic N) is 2. The SMILES string of the molecule is CC(Cn1nc(C(F)(F)F)cc1C1CC1)C(N)=S. The van der Waals surface area contributed by atoms with E-state index in [1.165, 1.54) is 4.68 Å². The first-order valence-corrected chi connectivity index (χ1v) is 6.14. The first-order chi connectivity index (χ1) is 8.29. The van der Waals surface area contributed by atoms with Crippen LogP contribution in [-0.4, -0.2) is 14.8 Å². The molecule has 1 heterocycles. The molecule has 1 saturated carbocycles. The number of aromatic nitrogens is 2. The maximum atomic E-state index is 12.6. The van der Waals surface area contributed by atoms with Crippen molar-refractivity contribution in [2.24, 2.45) is 11.7 Å². The summed E-state index contributed by atoms with van der Waals surface area (Å²) >= 11 is 4.84. The van der Waals surface area contributed by atoms with Crippen LogP contribution in [0.25, 0.3) is 0 Å². The quantitative estimate of drug-likeness (QED) is 0.861. The first-order valence-electron chi connectivity index (χ1n) is 5.73. The molecule has 0 aliphatic heterocycles. The van der Waals surface area contributed by atoms with Crippen LogP contribution in [0, 0.1) is 5.92 Å². The average molecular weight is 277 g/mol. The lowest BCUT2D eigenvalue weighted by molar-refractivity contribution is -0.141. The highest BCUT2D eigenvalue weighted by molar-refractivity contribution is 7.80. The van der Waals surface area contributed by atoms with Crippen molar-refractivity contribution in [2.75, 3.05) is 0 Å². The normalized spacial score (nSPS) is 17.8. The second-order valence-corrected chi connectivity index (χ2v) is 5.18. The topological polar surface area (TPSA) is 43.8 Å². The molecule has 0 saturated heterocycles. The van der Waals surface area contributed by atoms with Crippen LogP contribution in [0.15, 0.2) is 6.07 Å². The van der Waals surface area contributed by atoms with Crippen LogP contribution < -0.4 is 5.73 Å². The van der Waals surface area contributed by atoms with Gasteiger partial charge in [0.25, 0.3) is 0 Å². The summed E-state index contributed by atoms with van der Waals surface area (Å²) in [6.07, 6.45) is -2.56. The van der Waals surface area contributed by atoms with Gasteiger partial charge in [0.05, 0.1) is 11.5 Å². The zero-order valence-electron chi connectivity index (χ0n) is 9.87. The van der Waals surface area contributed by atoms with Crippen LogP contribution in [0.3, 0.4) is 0 Å². The van der Waals surface area contributed by atoms with E-state index in [0.29, 0.717) is 17.2 Å². The fourth-order valence-corrected chi connectivity index (χ4v) is 1.85. The molecule has 100 valence electrons. The largest absolute Gasteiger partial charge is 0.435 e. The van der Waals surface area contributed by atoms with Gasteiger partial charge in [0.15, 0.2) is 5.69 Å². The summed E-state index contributed by atoms with van der Waals surface area (Å²) < 4.78 is 39.3. The number of halogens is 3. The van der Waals surface area contributed by atoms with Crippen LogP contribution in [0.2, 0.25) is 0 Å². The number of hydrogen-bond acceptors (Lipinski definition) is 2. The van der Waals surface area contributed by atoms with Crippen molar-refractivity contribution in [3.8, 4) is 0 Å². The molecule has 0 spiro atoms. The Hall–Kier alpha value is -1.11. The lowest BCUT2D eigenvalue weighted by Crippen LogP contribution is -2.24. The van der Waals surface area contributed by atoms with E-state index < -0.39 is 11.9 Å². The van der Waals surface area contributed by atoms with Crippen molar-refractivity contribution in [1.82, 2.24) is 9.78 Å². The Labute approximate surface area is 108 Å². The first kappa shape index (κ1) is 13.3. The molecule has 1 aromatic heterocycles. The predicted molar refractivity (Wildman–Crippen MR) is 65.2 cm³/mol. The van der Waals surface area contributed by atoms with Gasteiger partial charge in [-0.05, 0) is 18.9 Å². The Morgan fingerprint density at radius 3 is 2.67 bits per heavy atom. The van der Waals surface area contributed by atoms with E-state index in [-0.39, 0.29) is 11.8 Å². The standard InChI is InChI=1S/C11H14F3N3S/c1-6(10(15)18)5-17-8(7-2-3-7)4-9(16-17)11(12,13)14/h4,6-7H,2-3,5H2,1H3,(H2,15,18). The van der Waals surface area contributed by atoms with Gasteiger partial charge >= 0.3 is 6.18 Å². The highest BCUT2D eigenvalue weighted by atomic mass is 32.1. The van der Waals surface area contributed by atoms with Crippen LogP contribution in [0.4, 0.5) is 13.2 Å². The summed E-state index contributed by atoms with van der Waals surface area (Å²) in [7, 11) is 0. The van der Waals surface area contributed by atoms with E-state index in [1.807, 2.05) is 0 Å². The van der Waals surface area contributed by atoms with Crippen LogP contribution >= 0.6 is 12.2 Å². The molecule has 1 atom stereocenters. The van der Waals surface area contributed by atoms with Crippen LogP contribution in [0.1, 0.15) is 37.1 Å². The minimum Gasteiger partial charge on any atom is -0.393 e. The van der Waals surface area contributed by atoms with Crippen molar-refractivity contribution >= 4 is 17.2 Å². The summed E-state index contributed by atoms with van der Waals surface area (Å²) in [5.41, 5.74) is 5.30. The average Bonchev–Trinajstić information content (AvgIpc) is 2.98. The molecule has 0 aromatic carbocycles. The van der Waals surface area contributed by atoms with Crippen LogP contribution in [-0.2, 0) is 12.7 Å². The minimum atomic E-state index is -4.40. The number of thiocarbonyl (C=S) groups is 1. The van der Waals surface area contributed by atoms with Crippen molar-refractivity contribution < 1.29 is 13.2 Å². The molecule has 1 unspecified atom stereocenters. The zero-order chi connectivity index (χ0) is 13.5. The number of hydrogen-bond donors (Lipinski definition) is 1. The maximum absolute atomic E-state index is 12.6. The second-order valence-electron chi connectivity index (χ2n) is 4.71. The molecule has 2 rings (SSSR count). The molecule has 3 nitrogen and oxygen atoms in total. The maximum Gasteiger partial charge on any atom is 0.435 e. The third-order valence-corrected chi connectivity index (χ3v) is 3.43. The van der Waals surface area contributed by atoms with E-state index in [4.69, 9.17) is 18.0 Å². The lowest BCUT2D eigenvalue weighted by Gasteiger charge is -2.12. The summed E-state index contributed by atoms with van der Waals surface area (Å²) in [6.45, 7) is 2.09. The van der Waals surface area contributed by atoms with E-state index in [9.17, 15) is 13.2 Å². The fraction of sp³-hybridized carbons (Fsp3) is 0.636. The molecule has 7 heteroatoms. The monoisotopic (exact) mass is 277 g/mol. The molecular formula is C11H14F3N3S. The highest BCUT2D eigenvalue weighted by Crippen LogP contribution is 2.42. The third kappa shape index (κ3) is 2.82. The van der Waals surface area contributed by atoms with Gasteiger partial charge < -0.3 is 5.73 Å². The Morgan fingerprint density at radius 1 is 1.61 bits per heavy atom. The van der Waals surface area contributed by atoms with Gasteiger partial charge in [-0.2, -0.15) is 18.3 Å². The Kier molecular flexibility index (Phi) is 3.35. The van der Waals surface area contributed by atoms with Gasteiger partial charge in [0.1, 0.15) is 0 Å². The van der Waals surface area contributed by atoms with Crippen molar-refractivity contribution in [2.45, 2.75) is 38.4 Å². The molecule has 18 heavy (non-hydrogen) atoms. The molecule has 1 fully saturated rings. The third-order valence-electron chi connectivity index (χ3n) is 3.03. The summed E-state index contributed by atoms with van der Waals surface area (Å²) in [5.74, 6) is 0.0330. The molecule has 2 N–H and O–H groups in total. The summed E-state index contributed by atoms with van der Waals surface area (Å²) in [4.78, 5) is 0.292. The lowest BCUT2D eigenvalue weighted by atomic mass is 10.2.